The molecule has 1 saturated carbocycles. The van der Waals surface area contributed by atoms with Gasteiger partial charge in [-0.2, -0.15) is 0 Å². The molecule has 1 N–H and O–H groups in total. The number of piperidine rings is 1. The summed E-state index contributed by atoms with van der Waals surface area (Å²) in [6, 6.07) is 16.4. The zero-order valence-electron chi connectivity index (χ0n) is 14.9. The predicted octanol–water partition coefficient (Wildman–Crippen LogP) is 3.87. The van der Waals surface area contributed by atoms with Crippen molar-refractivity contribution in [3.8, 4) is 11.1 Å². The molecule has 2 fully saturated rings. The maximum Gasteiger partial charge on any atom is 0.410 e. The van der Waals surface area contributed by atoms with Crippen molar-refractivity contribution in [2.75, 3.05) is 13.2 Å². The van der Waals surface area contributed by atoms with Gasteiger partial charge in [0.2, 0.25) is 0 Å². The van der Waals surface area contributed by atoms with E-state index in [1.54, 1.807) is 0 Å². The minimum Gasteiger partial charge on any atom is -0.479 e. The van der Waals surface area contributed by atoms with E-state index in [0.29, 0.717) is 19.4 Å². The van der Waals surface area contributed by atoms with E-state index in [1.165, 1.54) is 16.0 Å². The molecular formula is C22H21NO4. The molecule has 2 aromatic carbocycles. The molecule has 0 radical (unpaired) electrons. The van der Waals surface area contributed by atoms with Crippen LogP contribution in [0.3, 0.4) is 0 Å². The van der Waals surface area contributed by atoms with E-state index in [0.717, 1.165) is 17.5 Å². The van der Waals surface area contributed by atoms with Crippen LogP contribution in [0.5, 0.6) is 0 Å². The van der Waals surface area contributed by atoms with Gasteiger partial charge in [-0.3, -0.25) is 4.90 Å². The number of carbonyl (C=O) groups is 2. The molecule has 2 bridgehead atoms. The zero-order chi connectivity index (χ0) is 18.6. The number of carboxylic acid groups (broad SMARTS) is 1. The number of carboxylic acids is 1. The van der Waals surface area contributed by atoms with Crippen molar-refractivity contribution in [3.63, 3.8) is 0 Å². The quantitative estimate of drug-likeness (QED) is 0.899. The van der Waals surface area contributed by atoms with Gasteiger partial charge in [-0.15, -0.1) is 0 Å². The highest BCUT2D eigenvalue weighted by molar-refractivity contribution is 5.86. The van der Waals surface area contributed by atoms with Crippen LogP contribution in [0.15, 0.2) is 48.5 Å². The van der Waals surface area contributed by atoms with Gasteiger partial charge in [-0.25, -0.2) is 9.59 Å². The Morgan fingerprint density at radius 2 is 1.70 bits per heavy atom. The third-order valence-electron chi connectivity index (χ3n) is 6.50. The summed E-state index contributed by atoms with van der Waals surface area (Å²) in [7, 11) is 0. The number of hydrogen-bond donors (Lipinski definition) is 1. The van der Waals surface area contributed by atoms with Crippen LogP contribution in [0.4, 0.5) is 4.79 Å². The van der Waals surface area contributed by atoms with Gasteiger partial charge in [0.1, 0.15) is 12.1 Å². The molecule has 2 atom stereocenters. The van der Waals surface area contributed by atoms with E-state index >= 15 is 0 Å². The normalized spacial score (nSPS) is 25.3. The van der Waals surface area contributed by atoms with Gasteiger partial charge >= 0.3 is 12.1 Å². The topological polar surface area (TPSA) is 66.8 Å². The van der Waals surface area contributed by atoms with Crippen LogP contribution >= 0.6 is 0 Å². The first kappa shape index (κ1) is 16.4. The van der Waals surface area contributed by atoms with E-state index in [-0.39, 0.29) is 18.4 Å². The van der Waals surface area contributed by atoms with Crippen molar-refractivity contribution >= 4 is 12.1 Å². The number of hydrogen-bond acceptors (Lipinski definition) is 3. The fourth-order valence-corrected chi connectivity index (χ4v) is 5.19. The Morgan fingerprint density at radius 1 is 1.07 bits per heavy atom. The van der Waals surface area contributed by atoms with E-state index in [2.05, 4.69) is 24.3 Å². The number of amides is 1. The summed E-state index contributed by atoms with van der Waals surface area (Å²) in [5, 5.41) is 9.70. The molecule has 0 spiro atoms. The van der Waals surface area contributed by atoms with Gasteiger partial charge < -0.3 is 9.84 Å². The summed E-state index contributed by atoms with van der Waals surface area (Å²) < 4.78 is 5.68. The number of nitrogens with zero attached hydrogens (tertiary/aromatic N) is 1. The Morgan fingerprint density at radius 3 is 2.30 bits per heavy atom. The lowest BCUT2D eigenvalue weighted by atomic mass is 9.97. The largest absolute Gasteiger partial charge is 0.479 e. The molecule has 1 heterocycles. The summed E-state index contributed by atoms with van der Waals surface area (Å²) >= 11 is 0. The third-order valence-corrected chi connectivity index (χ3v) is 6.50. The average Bonchev–Trinajstić information content (AvgIpc) is 3.37. The van der Waals surface area contributed by atoms with Crippen molar-refractivity contribution < 1.29 is 19.4 Å². The molecule has 27 heavy (non-hydrogen) atoms. The van der Waals surface area contributed by atoms with Crippen molar-refractivity contribution in [2.45, 2.75) is 30.7 Å². The Balaban J connectivity index is 1.38. The molecule has 5 rings (SSSR count). The standard InChI is InChI=1S/C22H21NO4/c24-20(25)22-10-9-14(11-22)12-23(22)21(26)27-13-19-17-7-3-1-5-15(17)16-6-2-4-8-18(16)19/h1-8,14,19H,9-13H2,(H,24,25). The molecule has 5 heteroatoms. The van der Waals surface area contributed by atoms with Gasteiger partial charge in [0.15, 0.2) is 0 Å². The van der Waals surface area contributed by atoms with Crippen LogP contribution < -0.4 is 0 Å². The third kappa shape index (κ3) is 2.30. The molecule has 2 unspecified atom stereocenters. The number of carbonyl (C=O) groups excluding carboxylic acids is 1. The Hall–Kier alpha value is -2.82. The summed E-state index contributed by atoms with van der Waals surface area (Å²) in [5.41, 5.74) is 3.60. The fourth-order valence-electron chi connectivity index (χ4n) is 5.19. The van der Waals surface area contributed by atoms with Gasteiger partial charge in [0.25, 0.3) is 0 Å². The molecule has 2 aliphatic carbocycles. The second-order valence-electron chi connectivity index (χ2n) is 7.86. The lowest BCUT2D eigenvalue weighted by Gasteiger charge is -2.34. The maximum atomic E-state index is 12.8. The lowest BCUT2D eigenvalue weighted by Crippen LogP contribution is -2.53. The van der Waals surface area contributed by atoms with Crippen molar-refractivity contribution in [1.29, 1.82) is 0 Å². The monoisotopic (exact) mass is 363 g/mol. The summed E-state index contributed by atoms with van der Waals surface area (Å²) in [6.07, 6.45) is 1.45. The van der Waals surface area contributed by atoms with Crippen LogP contribution in [0.25, 0.3) is 11.1 Å². The summed E-state index contributed by atoms with van der Waals surface area (Å²) in [5.74, 6) is -0.639. The van der Waals surface area contributed by atoms with Crippen LogP contribution in [0.1, 0.15) is 36.3 Å². The molecule has 5 nitrogen and oxygen atoms in total. The first-order valence-electron chi connectivity index (χ1n) is 9.46. The van der Waals surface area contributed by atoms with E-state index < -0.39 is 17.6 Å². The van der Waals surface area contributed by atoms with Gasteiger partial charge in [-0.1, -0.05) is 48.5 Å². The number of likely N-dealkylation sites (tertiary alicyclic amines) is 1. The molecule has 2 aromatic rings. The minimum absolute atomic E-state index is 0.0121. The lowest BCUT2D eigenvalue weighted by molar-refractivity contribution is -0.149. The fraction of sp³-hybridized carbons (Fsp3) is 0.364. The molecule has 1 saturated heterocycles. The smallest absolute Gasteiger partial charge is 0.410 e. The van der Waals surface area contributed by atoms with Crippen LogP contribution in [-0.4, -0.2) is 40.8 Å². The van der Waals surface area contributed by atoms with Gasteiger partial charge in [0.05, 0.1) is 0 Å². The number of ether oxygens (including phenoxy) is 1. The summed E-state index contributed by atoms with van der Waals surface area (Å²) in [4.78, 5) is 26.1. The second kappa shape index (κ2) is 5.84. The second-order valence-corrected chi connectivity index (χ2v) is 7.86. The Kier molecular flexibility index (Phi) is 3.54. The first-order chi connectivity index (χ1) is 13.1. The number of rotatable bonds is 3. The van der Waals surface area contributed by atoms with Crippen LogP contribution in [0, 0.1) is 5.92 Å². The number of fused-ring (bicyclic) bond motifs is 5. The molecule has 1 aliphatic heterocycles. The number of benzene rings is 2. The van der Waals surface area contributed by atoms with Gasteiger partial charge in [-0.05, 0) is 47.4 Å². The first-order valence-corrected chi connectivity index (χ1v) is 9.46. The zero-order valence-corrected chi connectivity index (χ0v) is 14.9. The Bertz CT molecular complexity index is 894. The highest BCUT2D eigenvalue weighted by atomic mass is 16.6. The predicted molar refractivity (Wildman–Crippen MR) is 99.5 cm³/mol. The minimum atomic E-state index is -1.06. The molecular weight excluding hydrogens is 342 g/mol. The summed E-state index contributed by atoms with van der Waals surface area (Å²) in [6.45, 7) is 0.715. The van der Waals surface area contributed by atoms with Crippen molar-refractivity contribution in [1.82, 2.24) is 4.90 Å². The molecule has 3 aliphatic rings. The van der Waals surface area contributed by atoms with Crippen LogP contribution in [-0.2, 0) is 9.53 Å². The maximum absolute atomic E-state index is 12.8. The SMILES string of the molecule is O=C(OCC1c2ccccc2-c2ccccc21)N1CC2CCC1(C(=O)O)C2. The van der Waals surface area contributed by atoms with Gasteiger partial charge in [0, 0.05) is 12.5 Å². The van der Waals surface area contributed by atoms with E-state index in [9.17, 15) is 14.7 Å². The van der Waals surface area contributed by atoms with Crippen molar-refractivity contribution in [3.05, 3.63) is 59.7 Å². The molecule has 1 amide bonds. The van der Waals surface area contributed by atoms with E-state index in [1.807, 2.05) is 24.3 Å². The molecule has 138 valence electrons. The molecule has 0 aromatic heterocycles. The van der Waals surface area contributed by atoms with E-state index in [4.69, 9.17) is 4.74 Å². The highest BCUT2D eigenvalue weighted by Gasteiger charge is 2.58. The number of aliphatic carboxylic acids is 1. The van der Waals surface area contributed by atoms with Crippen molar-refractivity contribution in [2.24, 2.45) is 5.92 Å². The Labute approximate surface area is 157 Å². The highest BCUT2D eigenvalue weighted by Crippen LogP contribution is 2.48. The van der Waals surface area contributed by atoms with Crippen LogP contribution in [0.2, 0.25) is 0 Å². The average molecular weight is 363 g/mol.